The van der Waals surface area contributed by atoms with E-state index in [0.717, 1.165) is 0 Å². The number of carboxylic acid groups (broad SMARTS) is 1. The van der Waals surface area contributed by atoms with Crippen molar-refractivity contribution in [2.75, 3.05) is 13.2 Å². The minimum Gasteiger partial charge on any atom is -0.484 e. The van der Waals surface area contributed by atoms with Crippen LogP contribution in [0.5, 0.6) is 5.75 Å². The van der Waals surface area contributed by atoms with Crippen LogP contribution in [0.25, 0.3) is 0 Å². The number of benzene rings is 2. The van der Waals surface area contributed by atoms with Gasteiger partial charge in [0.15, 0.2) is 6.61 Å². The highest BCUT2D eigenvalue weighted by molar-refractivity contribution is 5.80. The topological polar surface area (TPSA) is 75.6 Å². The van der Waals surface area contributed by atoms with Crippen molar-refractivity contribution in [1.29, 1.82) is 0 Å². The molecular formula is C20H22FNO4. The summed E-state index contributed by atoms with van der Waals surface area (Å²) in [6, 6.07) is 12.6. The van der Waals surface area contributed by atoms with E-state index in [4.69, 9.17) is 4.74 Å². The average molecular weight is 359 g/mol. The molecule has 0 fully saturated rings. The van der Waals surface area contributed by atoms with E-state index >= 15 is 0 Å². The van der Waals surface area contributed by atoms with Crippen LogP contribution >= 0.6 is 0 Å². The monoisotopic (exact) mass is 359 g/mol. The summed E-state index contributed by atoms with van der Waals surface area (Å²) in [4.78, 5) is 23.3. The van der Waals surface area contributed by atoms with Gasteiger partial charge in [0.25, 0.3) is 5.91 Å². The fourth-order valence-electron chi connectivity index (χ4n) is 2.41. The first-order valence-corrected chi connectivity index (χ1v) is 8.34. The van der Waals surface area contributed by atoms with Crippen LogP contribution in [0.3, 0.4) is 0 Å². The van der Waals surface area contributed by atoms with Gasteiger partial charge < -0.3 is 15.2 Å². The fourth-order valence-corrected chi connectivity index (χ4v) is 2.41. The molecule has 0 aliphatic heterocycles. The lowest BCUT2D eigenvalue weighted by Gasteiger charge is -2.14. The highest BCUT2D eigenvalue weighted by atomic mass is 19.1. The zero-order valence-corrected chi connectivity index (χ0v) is 14.7. The molecule has 0 spiro atoms. The van der Waals surface area contributed by atoms with E-state index in [-0.39, 0.29) is 13.2 Å². The van der Waals surface area contributed by atoms with Crippen LogP contribution in [-0.4, -0.2) is 30.1 Å². The Bertz CT molecular complexity index is 741. The van der Waals surface area contributed by atoms with Crippen LogP contribution in [0.15, 0.2) is 48.5 Å². The maximum atomic E-state index is 13.0. The molecule has 0 aliphatic rings. The molecular weight excluding hydrogens is 337 g/mol. The molecule has 6 heteroatoms. The van der Waals surface area contributed by atoms with Crippen molar-refractivity contribution in [1.82, 2.24) is 5.32 Å². The van der Waals surface area contributed by atoms with Crippen LogP contribution in [0.2, 0.25) is 0 Å². The molecule has 138 valence electrons. The van der Waals surface area contributed by atoms with E-state index in [1.807, 2.05) is 12.1 Å². The van der Waals surface area contributed by atoms with Crippen molar-refractivity contribution in [2.45, 2.75) is 25.7 Å². The summed E-state index contributed by atoms with van der Waals surface area (Å²) < 4.78 is 18.4. The third-order valence-electron chi connectivity index (χ3n) is 3.99. The minimum absolute atomic E-state index is 0.102. The molecule has 1 unspecified atom stereocenters. The molecule has 0 bridgehead atoms. The SMILES string of the molecule is CC(C)c1ccc(OCC(=O)NCC(C(=O)O)c2ccc(F)cc2)cc1. The van der Waals surface area contributed by atoms with Gasteiger partial charge in [0.05, 0.1) is 5.92 Å². The summed E-state index contributed by atoms with van der Waals surface area (Å²) in [6.45, 7) is 3.86. The largest absolute Gasteiger partial charge is 0.484 e. The predicted octanol–water partition coefficient (Wildman–Crippen LogP) is 3.31. The second-order valence-corrected chi connectivity index (χ2v) is 6.26. The zero-order chi connectivity index (χ0) is 19.1. The van der Waals surface area contributed by atoms with Crippen LogP contribution in [0.4, 0.5) is 4.39 Å². The van der Waals surface area contributed by atoms with E-state index in [2.05, 4.69) is 19.2 Å². The molecule has 2 rings (SSSR count). The Labute approximate surface area is 151 Å². The summed E-state index contributed by atoms with van der Waals surface area (Å²) >= 11 is 0. The van der Waals surface area contributed by atoms with E-state index in [9.17, 15) is 19.1 Å². The molecule has 1 atom stereocenters. The highest BCUT2D eigenvalue weighted by Crippen LogP contribution is 2.19. The van der Waals surface area contributed by atoms with Gasteiger partial charge >= 0.3 is 5.97 Å². The summed E-state index contributed by atoms with van der Waals surface area (Å²) in [5.41, 5.74) is 1.59. The highest BCUT2D eigenvalue weighted by Gasteiger charge is 2.20. The molecule has 0 saturated heterocycles. The summed E-state index contributed by atoms with van der Waals surface area (Å²) in [6.07, 6.45) is 0. The first-order chi connectivity index (χ1) is 12.4. The molecule has 26 heavy (non-hydrogen) atoms. The second kappa shape index (κ2) is 8.99. The summed E-state index contributed by atoms with van der Waals surface area (Å²) in [7, 11) is 0. The number of carboxylic acids is 1. The molecule has 0 saturated carbocycles. The van der Waals surface area contributed by atoms with Crippen molar-refractivity contribution >= 4 is 11.9 Å². The number of ether oxygens (including phenoxy) is 1. The molecule has 2 aromatic carbocycles. The Hall–Kier alpha value is -2.89. The standard InChI is InChI=1S/C20H22FNO4/c1-13(2)14-5-9-17(10-6-14)26-12-19(23)22-11-18(20(24)25)15-3-7-16(21)8-4-15/h3-10,13,18H,11-12H2,1-2H3,(H,22,23)(H,24,25). The molecule has 0 heterocycles. The number of hydrogen-bond acceptors (Lipinski definition) is 3. The maximum Gasteiger partial charge on any atom is 0.312 e. The molecule has 0 aromatic heterocycles. The van der Waals surface area contributed by atoms with Gasteiger partial charge in [-0.05, 0) is 41.3 Å². The van der Waals surface area contributed by atoms with Gasteiger partial charge in [0, 0.05) is 6.54 Å². The van der Waals surface area contributed by atoms with Crippen molar-refractivity contribution in [2.24, 2.45) is 0 Å². The first-order valence-electron chi connectivity index (χ1n) is 8.34. The maximum absolute atomic E-state index is 13.0. The Balaban J connectivity index is 1.86. The van der Waals surface area contributed by atoms with E-state index in [1.165, 1.54) is 29.8 Å². The van der Waals surface area contributed by atoms with Crippen molar-refractivity contribution in [3.05, 3.63) is 65.5 Å². The van der Waals surface area contributed by atoms with E-state index in [0.29, 0.717) is 17.2 Å². The third-order valence-corrected chi connectivity index (χ3v) is 3.99. The van der Waals surface area contributed by atoms with Crippen LogP contribution in [0.1, 0.15) is 36.8 Å². The normalized spacial score (nSPS) is 11.8. The molecule has 5 nitrogen and oxygen atoms in total. The minimum atomic E-state index is -1.10. The third kappa shape index (κ3) is 5.58. The summed E-state index contributed by atoms with van der Waals surface area (Å²) in [5.74, 6) is -1.94. The lowest BCUT2D eigenvalue weighted by atomic mass is 9.99. The van der Waals surface area contributed by atoms with Crippen LogP contribution in [-0.2, 0) is 9.59 Å². The fraction of sp³-hybridized carbons (Fsp3) is 0.300. The molecule has 0 aliphatic carbocycles. The van der Waals surface area contributed by atoms with Gasteiger partial charge in [0.2, 0.25) is 0 Å². The Morgan fingerprint density at radius 1 is 1.04 bits per heavy atom. The van der Waals surface area contributed by atoms with Crippen LogP contribution in [0, 0.1) is 5.82 Å². The molecule has 2 aromatic rings. The van der Waals surface area contributed by atoms with Crippen molar-refractivity contribution < 1.29 is 23.8 Å². The van der Waals surface area contributed by atoms with Crippen LogP contribution < -0.4 is 10.1 Å². The number of rotatable bonds is 8. The number of hydrogen-bond donors (Lipinski definition) is 2. The Kier molecular flexibility index (Phi) is 6.72. The van der Waals surface area contributed by atoms with Gasteiger partial charge in [-0.25, -0.2) is 4.39 Å². The number of halogens is 1. The number of carbonyl (C=O) groups is 2. The lowest BCUT2D eigenvalue weighted by Crippen LogP contribution is -2.34. The van der Waals surface area contributed by atoms with Gasteiger partial charge in [-0.1, -0.05) is 38.1 Å². The molecule has 0 radical (unpaired) electrons. The van der Waals surface area contributed by atoms with Crippen molar-refractivity contribution in [3.8, 4) is 5.75 Å². The van der Waals surface area contributed by atoms with Gasteiger partial charge in [-0.3, -0.25) is 9.59 Å². The van der Waals surface area contributed by atoms with Gasteiger partial charge in [-0.2, -0.15) is 0 Å². The number of amides is 1. The van der Waals surface area contributed by atoms with E-state index in [1.54, 1.807) is 12.1 Å². The smallest absolute Gasteiger partial charge is 0.312 e. The lowest BCUT2D eigenvalue weighted by molar-refractivity contribution is -0.138. The van der Waals surface area contributed by atoms with Crippen molar-refractivity contribution in [3.63, 3.8) is 0 Å². The predicted molar refractivity (Wildman–Crippen MR) is 95.8 cm³/mol. The second-order valence-electron chi connectivity index (χ2n) is 6.26. The number of aliphatic carboxylic acids is 1. The number of nitrogens with one attached hydrogen (secondary N) is 1. The summed E-state index contributed by atoms with van der Waals surface area (Å²) in [5, 5.41) is 11.8. The zero-order valence-electron chi connectivity index (χ0n) is 14.7. The van der Waals surface area contributed by atoms with E-state index < -0.39 is 23.6 Å². The van der Waals surface area contributed by atoms with Gasteiger partial charge in [-0.15, -0.1) is 0 Å². The molecule has 1 amide bonds. The first kappa shape index (κ1) is 19.4. The Morgan fingerprint density at radius 3 is 2.15 bits per heavy atom. The number of carbonyl (C=O) groups excluding carboxylic acids is 1. The quantitative estimate of drug-likeness (QED) is 0.758. The Morgan fingerprint density at radius 2 is 1.62 bits per heavy atom. The molecule has 2 N–H and O–H groups in total. The van der Waals surface area contributed by atoms with Gasteiger partial charge in [0.1, 0.15) is 11.6 Å². The average Bonchev–Trinajstić information content (AvgIpc) is 2.61.